The van der Waals surface area contributed by atoms with Crippen molar-refractivity contribution in [2.24, 2.45) is 0 Å². The van der Waals surface area contributed by atoms with Crippen LogP contribution >= 0.6 is 0 Å². The van der Waals surface area contributed by atoms with E-state index in [4.69, 9.17) is 5.11 Å². The van der Waals surface area contributed by atoms with Gasteiger partial charge in [-0.25, -0.2) is 0 Å². The van der Waals surface area contributed by atoms with Crippen LogP contribution in [0.25, 0.3) is 0 Å². The van der Waals surface area contributed by atoms with E-state index >= 15 is 0 Å². The van der Waals surface area contributed by atoms with Gasteiger partial charge in [-0.2, -0.15) is 0 Å². The summed E-state index contributed by atoms with van der Waals surface area (Å²) < 4.78 is 0. The Morgan fingerprint density at radius 1 is 1.75 bits per heavy atom. The van der Waals surface area contributed by atoms with Gasteiger partial charge in [0.25, 0.3) is 0 Å². The van der Waals surface area contributed by atoms with Crippen LogP contribution in [0.3, 0.4) is 0 Å². The lowest BCUT2D eigenvalue weighted by Crippen LogP contribution is -2.55. The lowest BCUT2D eigenvalue weighted by Gasteiger charge is -2.36. The molecule has 1 unspecified atom stereocenters. The van der Waals surface area contributed by atoms with E-state index in [9.17, 15) is 4.79 Å². The number of hydrogen-bond acceptors (Lipinski definition) is 3. The third-order valence-electron chi connectivity index (χ3n) is 2.41. The number of carboxylic acids is 1. The Hall–Kier alpha value is -0.610. The fourth-order valence-corrected chi connectivity index (χ4v) is 1.57. The molecule has 0 aromatic heterocycles. The molecule has 1 saturated heterocycles. The topological polar surface area (TPSA) is 52.6 Å². The van der Waals surface area contributed by atoms with Crippen LogP contribution in [0.15, 0.2) is 0 Å². The van der Waals surface area contributed by atoms with E-state index in [1.807, 2.05) is 11.8 Å². The summed E-state index contributed by atoms with van der Waals surface area (Å²) in [5, 5.41) is 12.0. The minimum Gasteiger partial charge on any atom is -0.480 e. The number of hydrogen-bond donors (Lipinski definition) is 2. The lowest BCUT2D eigenvalue weighted by atomic mass is 10.1. The van der Waals surface area contributed by atoms with E-state index in [1.54, 1.807) is 6.92 Å². The first-order valence-corrected chi connectivity index (χ1v) is 4.32. The Kier molecular flexibility index (Phi) is 3.05. The predicted octanol–water partition coefficient (Wildman–Crippen LogP) is -0.247. The van der Waals surface area contributed by atoms with Gasteiger partial charge < -0.3 is 10.4 Å². The zero-order valence-electron chi connectivity index (χ0n) is 7.58. The van der Waals surface area contributed by atoms with E-state index in [1.165, 1.54) is 0 Å². The number of aliphatic carboxylic acids is 1. The van der Waals surface area contributed by atoms with Gasteiger partial charge in [0, 0.05) is 25.7 Å². The predicted molar refractivity (Wildman–Crippen MR) is 46.1 cm³/mol. The highest BCUT2D eigenvalue weighted by Crippen LogP contribution is 2.07. The van der Waals surface area contributed by atoms with E-state index in [-0.39, 0.29) is 6.04 Å². The lowest BCUT2D eigenvalue weighted by molar-refractivity contribution is -0.143. The molecular weight excluding hydrogens is 156 g/mol. The molecule has 1 aliphatic rings. The molecule has 2 N–H and O–H groups in total. The van der Waals surface area contributed by atoms with Crippen molar-refractivity contribution < 1.29 is 9.90 Å². The normalized spacial score (nSPS) is 28.3. The van der Waals surface area contributed by atoms with Gasteiger partial charge in [-0.3, -0.25) is 9.69 Å². The molecule has 4 nitrogen and oxygen atoms in total. The minimum atomic E-state index is -0.733. The van der Waals surface area contributed by atoms with Crippen molar-refractivity contribution >= 4 is 5.97 Å². The van der Waals surface area contributed by atoms with Crippen LogP contribution in [0.2, 0.25) is 0 Å². The summed E-state index contributed by atoms with van der Waals surface area (Å²) in [5.41, 5.74) is 0. The molecule has 0 spiro atoms. The summed E-state index contributed by atoms with van der Waals surface area (Å²) in [5.74, 6) is -0.733. The second-order valence-electron chi connectivity index (χ2n) is 3.31. The van der Waals surface area contributed by atoms with Crippen molar-refractivity contribution in [3.63, 3.8) is 0 Å². The quantitative estimate of drug-likeness (QED) is 0.603. The minimum absolute atomic E-state index is 0.324. The Balaban J connectivity index is 2.53. The Morgan fingerprint density at radius 3 is 2.92 bits per heavy atom. The Bertz CT molecular complexity index is 172. The van der Waals surface area contributed by atoms with Gasteiger partial charge in [-0.15, -0.1) is 0 Å². The molecule has 1 fully saturated rings. The van der Waals surface area contributed by atoms with Crippen molar-refractivity contribution in [3.8, 4) is 0 Å². The van der Waals surface area contributed by atoms with Crippen LogP contribution in [0.5, 0.6) is 0 Å². The molecule has 0 aromatic carbocycles. The molecule has 0 radical (unpaired) electrons. The van der Waals surface area contributed by atoms with Gasteiger partial charge >= 0.3 is 5.97 Å². The highest BCUT2D eigenvalue weighted by atomic mass is 16.4. The molecule has 12 heavy (non-hydrogen) atoms. The van der Waals surface area contributed by atoms with Gasteiger partial charge in [0.05, 0.1) is 0 Å². The van der Waals surface area contributed by atoms with Crippen LogP contribution in [0, 0.1) is 0 Å². The zero-order valence-corrected chi connectivity index (χ0v) is 7.58. The molecule has 4 heteroatoms. The first-order chi connectivity index (χ1) is 5.63. The molecular formula is C8H16N2O2. The number of nitrogens with one attached hydrogen (secondary N) is 1. The highest BCUT2D eigenvalue weighted by molar-refractivity contribution is 5.72. The number of piperazine rings is 1. The highest BCUT2D eigenvalue weighted by Gasteiger charge is 2.26. The largest absolute Gasteiger partial charge is 0.480 e. The third-order valence-corrected chi connectivity index (χ3v) is 2.41. The second-order valence-corrected chi connectivity index (χ2v) is 3.31. The number of nitrogens with zero attached hydrogens (tertiary/aromatic N) is 1. The zero-order chi connectivity index (χ0) is 9.14. The van der Waals surface area contributed by atoms with Crippen LogP contribution in [0.1, 0.15) is 13.8 Å². The van der Waals surface area contributed by atoms with E-state index < -0.39 is 5.97 Å². The van der Waals surface area contributed by atoms with E-state index in [2.05, 4.69) is 5.32 Å². The van der Waals surface area contributed by atoms with E-state index in [0.717, 1.165) is 19.6 Å². The maximum absolute atomic E-state index is 10.7. The number of carboxylic acid groups (broad SMARTS) is 1. The number of carbonyl (C=O) groups is 1. The summed E-state index contributed by atoms with van der Waals surface area (Å²) in [6.07, 6.45) is 0. The molecule has 0 bridgehead atoms. The number of rotatable bonds is 2. The van der Waals surface area contributed by atoms with Gasteiger partial charge in [0.2, 0.25) is 0 Å². The summed E-state index contributed by atoms with van der Waals surface area (Å²) in [7, 11) is 0. The van der Waals surface area contributed by atoms with Crippen LogP contribution in [-0.4, -0.2) is 47.7 Å². The maximum Gasteiger partial charge on any atom is 0.320 e. The Morgan fingerprint density at radius 2 is 2.42 bits per heavy atom. The molecule has 1 rings (SSSR count). The molecule has 70 valence electrons. The van der Waals surface area contributed by atoms with Gasteiger partial charge in [-0.1, -0.05) is 0 Å². The van der Waals surface area contributed by atoms with Crippen molar-refractivity contribution in [2.75, 3.05) is 19.6 Å². The van der Waals surface area contributed by atoms with E-state index in [0.29, 0.717) is 6.04 Å². The average molecular weight is 172 g/mol. The second kappa shape index (κ2) is 3.87. The summed E-state index contributed by atoms with van der Waals surface area (Å²) in [6.45, 7) is 6.39. The molecule has 1 aliphatic heterocycles. The van der Waals surface area contributed by atoms with Crippen molar-refractivity contribution in [2.45, 2.75) is 25.9 Å². The van der Waals surface area contributed by atoms with Gasteiger partial charge in [0.1, 0.15) is 6.04 Å². The Labute approximate surface area is 72.6 Å². The fourth-order valence-electron chi connectivity index (χ4n) is 1.57. The van der Waals surface area contributed by atoms with Gasteiger partial charge in [0.15, 0.2) is 0 Å². The molecule has 2 atom stereocenters. The van der Waals surface area contributed by atoms with Crippen LogP contribution < -0.4 is 5.32 Å². The molecule has 0 aromatic rings. The van der Waals surface area contributed by atoms with Crippen molar-refractivity contribution in [1.29, 1.82) is 0 Å². The molecule has 0 saturated carbocycles. The van der Waals surface area contributed by atoms with Crippen LogP contribution in [-0.2, 0) is 4.79 Å². The monoisotopic (exact) mass is 172 g/mol. The molecule has 0 aliphatic carbocycles. The van der Waals surface area contributed by atoms with Gasteiger partial charge in [-0.05, 0) is 13.8 Å². The first kappa shape index (κ1) is 9.48. The summed E-state index contributed by atoms with van der Waals surface area (Å²) in [4.78, 5) is 12.7. The maximum atomic E-state index is 10.7. The smallest absolute Gasteiger partial charge is 0.320 e. The molecule has 0 amide bonds. The average Bonchev–Trinajstić information content (AvgIpc) is 2.04. The van der Waals surface area contributed by atoms with Crippen LogP contribution in [0.4, 0.5) is 0 Å². The summed E-state index contributed by atoms with van der Waals surface area (Å²) in [6, 6.07) is -0.0352. The molecule has 1 heterocycles. The first-order valence-electron chi connectivity index (χ1n) is 4.32. The van der Waals surface area contributed by atoms with Crippen molar-refractivity contribution in [3.05, 3.63) is 0 Å². The third kappa shape index (κ3) is 1.95. The standard InChI is InChI=1S/C8H16N2O2/c1-6-5-9-3-4-10(6)7(2)8(11)12/h6-7,9H,3-5H2,1-2H3,(H,11,12)/t6-,7?/m0/s1. The fraction of sp³-hybridized carbons (Fsp3) is 0.875. The summed E-state index contributed by atoms with van der Waals surface area (Å²) >= 11 is 0. The van der Waals surface area contributed by atoms with Crippen molar-refractivity contribution in [1.82, 2.24) is 10.2 Å². The SMILES string of the molecule is CC(C(=O)O)N1CCNC[C@@H]1C.